The summed E-state index contributed by atoms with van der Waals surface area (Å²) in [6.07, 6.45) is 3.14. The van der Waals surface area contributed by atoms with E-state index in [1.807, 2.05) is 36.5 Å². The minimum Gasteiger partial charge on any atom is -0.478 e. The zero-order chi connectivity index (χ0) is 25.1. The number of carbonyl (C=O) groups is 2. The number of benzene rings is 3. The van der Waals surface area contributed by atoms with Crippen LogP contribution in [0, 0.1) is 0 Å². The third-order valence-corrected chi connectivity index (χ3v) is 5.70. The van der Waals surface area contributed by atoms with Crippen molar-refractivity contribution in [2.24, 2.45) is 0 Å². The zero-order valence-electron chi connectivity index (χ0n) is 18.1. The lowest BCUT2D eigenvalue weighted by Gasteiger charge is -2.04. The molecule has 5 rings (SSSR count). The number of para-hydroxylation sites is 1. The lowest BCUT2D eigenvalue weighted by molar-refractivity contribution is 0.0590. The van der Waals surface area contributed by atoms with Crippen molar-refractivity contribution in [1.29, 1.82) is 0 Å². The van der Waals surface area contributed by atoms with Crippen molar-refractivity contribution in [3.63, 3.8) is 0 Å². The van der Waals surface area contributed by atoms with Gasteiger partial charge in [-0.15, -0.1) is 0 Å². The van der Waals surface area contributed by atoms with Gasteiger partial charge < -0.3 is 9.84 Å². The number of nitrogens with zero attached hydrogens (tertiary/aromatic N) is 4. The Kier molecular flexibility index (Phi) is 6.87. The number of aromatic nitrogens is 4. The van der Waals surface area contributed by atoms with Crippen LogP contribution in [-0.4, -0.2) is 43.7 Å². The second kappa shape index (κ2) is 10.0. The summed E-state index contributed by atoms with van der Waals surface area (Å²) in [5.74, 6) is -1.51. The van der Waals surface area contributed by atoms with E-state index < -0.39 is 18.5 Å². The summed E-state index contributed by atoms with van der Waals surface area (Å²) in [6.45, 7) is -2.76. The van der Waals surface area contributed by atoms with E-state index in [-0.39, 0.29) is 16.6 Å². The van der Waals surface area contributed by atoms with Gasteiger partial charge >= 0.3 is 18.5 Å². The summed E-state index contributed by atoms with van der Waals surface area (Å²) in [4.78, 5) is 22.2. The number of aromatic carboxylic acids is 1. The van der Waals surface area contributed by atoms with Crippen LogP contribution in [0.25, 0.3) is 27.5 Å². The van der Waals surface area contributed by atoms with Crippen LogP contribution < -0.4 is 0 Å². The highest BCUT2D eigenvalue weighted by atomic mass is 79.9. The fourth-order valence-electron chi connectivity index (χ4n) is 3.37. The molecule has 0 aliphatic heterocycles. The van der Waals surface area contributed by atoms with Gasteiger partial charge in [0.15, 0.2) is 0 Å². The number of carbonyl (C=O) groups excluding carboxylic acids is 1. The smallest absolute Gasteiger partial charge is 0.337 e. The summed E-state index contributed by atoms with van der Waals surface area (Å²) in [6, 6.07) is 17.4. The molecular formula is C24H17BrF2N4O4. The number of methoxy groups -OCH3 is 1. The molecular weight excluding hydrogens is 526 g/mol. The SMILES string of the molecule is COC(=O)c1cc(Br)c2cnn(C(F)F)c2c1.O=C(O)c1ccc2nn(-c3ccccc3)cc2c1. The predicted octanol–water partition coefficient (Wildman–Crippen LogP) is 5.70. The van der Waals surface area contributed by atoms with Gasteiger partial charge in [-0.2, -0.15) is 19.0 Å². The minimum atomic E-state index is -2.76. The first kappa shape index (κ1) is 24.0. The lowest BCUT2D eigenvalue weighted by atomic mass is 10.2. The number of alkyl halides is 2. The summed E-state index contributed by atoms with van der Waals surface area (Å²) < 4.78 is 32.6. The fourth-order valence-corrected chi connectivity index (χ4v) is 3.92. The number of rotatable bonds is 4. The molecule has 0 radical (unpaired) electrons. The number of esters is 1. The molecule has 0 unspecified atom stereocenters. The number of hydrogen-bond acceptors (Lipinski definition) is 5. The van der Waals surface area contributed by atoms with Crippen LogP contribution in [0.2, 0.25) is 0 Å². The summed E-state index contributed by atoms with van der Waals surface area (Å²) in [5, 5.41) is 18.2. The highest BCUT2D eigenvalue weighted by Crippen LogP contribution is 2.28. The van der Waals surface area contributed by atoms with E-state index in [2.05, 4.69) is 30.9 Å². The van der Waals surface area contributed by atoms with Gasteiger partial charge in [0.1, 0.15) is 0 Å². The quantitative estimate of drug-likeness (QED) is 0.292. The Morgan fingerprint density at radius 2 is 1.80 bits per heavy atom. The van der Waals surface area contributed by atoms with Gasteiger partial charge in [0.25, 0.3) is 0 Å². The van der Waals surface area contributed by atoms with Gasteiger partial charge in [0.2, 0.25) is 0 Å². The Bertz CT molecular complexity index is 1530. The molecule has 8 nitrogen and oxygen atoms in total. The van der Waals surface area contributed by atoms with E-state index in [0.29, 0.717) is 14.5 Å². The molecule has 0 fully saturated rings. The molecule has 2 aromatic heterocycles. The monoisotopic (exact) mass is 542 g/mol. The standard InChI is InChI=1S/C14H10N2O2.C10H7BrF2N2O2/c17-14(18)10-6-7-13-11(8-10)9-16(15-13)12-4-2-1-3-5-12;1-17-9(16)5-2-7(11)6-4-14-15(10(12)13)8(6)3-5/h1-9H,(H,17,18);2-4,10H,1H3. The van der Waals surface area contributed by atoms with Crippen LogP contribution in [0.1, 0.15) is 27.3 Å². The van der Waals surface area contributed by atoms with Gasteiger partial charge in [-0.1, -0.05) is 34.1 Å². The van der Waals surface area contributed by atoms with Crippen LogP contribution >= 0.6 is 15.9 Å². The zero-order valence-corrected chi connectivity index (χ0v) is 19.7. The maximum atomic E-state index is 12.6. The number of carboxylic acids is 1. The van der Waals surface area contributed by atoms with Crippen molar-refractivity contribution < 1.29 is 28.2 Å². The predicted molar refractivity (Wildman–Crippen MR) is 128 cm³/mol. The second-order valence-corrected chi connectivity index (χ2v) is 8.09. The Morgan fingerprint density at radius 3 is 2.46 bits per heavy atom. The molecule has 0 saturated heterocycles. The Balaban J connectivity index is 0.000000165. The van der Waals surface area contributed by atoms with Crippen molar-refractivity contribution in [2.45, 2.75) is 6.55 Å². The topological polar surface area (TPSA) is 99.2 Å². The van der Waals surface area contributed by atoms with Gasteiger partial charge in [-0.25, -0.2) is 19.0 Å². The van der Waals surface area contributed by atoms with Crippen LogP contribution in [0.5, 0.6) is 0 Å². The number of fused-ring (bicyclic) bond motifs is 2. The van der Waals surface area contributed by atoms with E-state index >= 15 is 0 Å². The molecule has 0 bridgehead atoms. The van der Waals surface area contributed by atoms with Gasteiger partial charge in [0.05, 0.1) is 41.2 Å². The first-order valence-electron chi connectivity index (χ1n) is 10.1. The first-order chi connectivity index (χ1) is 16.8. The average molecular weight is 543 g/mol. The van der Waals surface area contributed by atoms with E-state index in [9.17, 15) is 18.4 Å². The minimum absolute atomic E-state index is 0.176. The van der Waals surface area contributed by atoms with Crippen LogP contribution in [0.3, 0.4) is 0 Å². The number of carboxylic acid groups (broad SMARTS) is 1. The summed E-state index contributed by atoms with van der Waals surface area (Å²) in [7, 11) is 1.23. The maximum absolute atomic E-state index is 12.6. The van der Waals surface area contributed by atoms with Crippen molar-refractivity contribution >= 4 is 49.7 Å². The molecule has 1 N–H and O–H groups in total. The highest BCUT2D eigenvalue weighted by molar-refractivity contribution is 9.10. The number of hydrogen-bond donors (Lipinski definition) is 1. The van der Waals surface area contributed by atoms with Crippen LogP contribution in [-0.2, 0) is 4.74 Å². The molecule has 0 amide bonds. The Morgan fingerprint density at radius 1 is 1.06 bits per heavy atom. The Hall–Kier alpha value is -4.12. The number of ether oxygens (including phenoxy) is 1. The van der Waals surface area contributed by atoms with Crippen molar-refractivity contribution in [3.05, 3.63) is 88.7 Å². The maximum Gasteiger partial charge on any atom is 0.337 e. The Labute approximate surface area is 205 Å². The van der Waals surface area contributed by atoms with Gasteiger partial charge in [-0.3, -0.25) is 0 Å². The van der Waals surface area contributed by atoms with Crippen LogP contribution in [0.15, 0.2) is 77.5 Å². The van der Waals surface area contributed by atoms with Crippen molar-refractivity contribution in [2.75, 3.05) is 7.11 Å². The molecule has 178 valence electrons. The third kappa shape index (κ3) is 5.04. The molecule has 0 aliphatic rings. The molecule has 0 aliphatic carbocycles. The normalized spacial score (nSPS) is 10.9. The highest BCUT2D eigenvalue weighted by Gasteiger charge is 2.16. The van der Waals surface area contributed by atoms with Crippen molar-refractivity contribution in [1.82, 2.24) is 19.6 Å². The largest absolute Gasteiger partial charge is 0.478 e. The molecule has 2 heterocycles. The molecule has 0 saturated carbocycles. The van der Waals surface area contributed by atoms with Crippen LogP contribution in [0.4, 0.5) is 8.78 Å². The molecule has 0 atom stereocenters. The molecule has 11 heteroatoms. The van der Waals surface area contributed by atoms with Crippen molar-refractivity contribution in [3.8, 4) is 5.69 Å². The second-order valence-electron chi connectivity index (χ2n) is 7.24. The molecule has 5 aromatic rings. The third-order valence-electron chi connectivity index (χ3n) is 5.04. The van der Waals surface area contributed by atoms with Gasteiger partial charge in [0, 0.05) is 21.4 Å². The van der Waals surface area contributed by atoms with Gasteiger partial charge in [-0.05, 0) is 42.5 Å². The summed E-state index contributed by atoms with van der Waals surface area (Å²) in [5.41, 5.74) is 2.37. The molecule has 3 aromatic carbocycles. The van der Waals surface area contributed by atoms with E-state index in [4.69, 9.17) is 5.11 Å². The molecule has 0 spiro atoms. The lowest BCUT2D eigenvalue weighted by Crippen LogP contribution is -2.03. The summed E-state index contributed by atoms with van der Waals surface area (Å²) >= 11 is 3.20. The average Bonchev–Trinajstić information content (AvgIpc) is 3.48. The number of halogens is 3. The van der Waals surface area contributed by atoms with E-state index in [0.717, 1.165) is 16.6 Å². The van der Waals surface area contributed by atoms with E-state index in [1.54, 1.807) is 22.9 Å². The molecule has 35 heavy (non-hydrogen) atoms. The first-order valence-corrected chi connectivity index (χ1v) is 10.9. The fraction of sp³-hybridized carbons (Fsp3) is 0.0833. The van der Waals surface area contributed by atoms with E-state index in [1.165, 1.54) is 25.4 Å².